The monoisotopic (exact) mass is 235 g/mol. The smallest absolute Gasteiger partial charge is 0.273 e. The molecule has 0 saturated heterocycles. The summed E-state index contributed by atoms with van der Waals surface area (Å²) in [4.78, 5) is 11.8. The Morgan fingerprint density at radius 2 is 2.25 bits per heavy atom. The van der Waals surface area contributed by atoms with Crippen LogP contribution in [0, 0.1) is 0 Å². The van der Waals surface area contributed by atoms with Crippen molar-refractivity contribution in [1.82, 2.24) is 9.78 Å². The molecule has 1 amide bonds. The molecular formula is C11H10ClN3O. The molecule has 4 nitrogen and oxygen atoms in total. The first-order valence-electron chi connectivity index (χ1n) is 4.72. The van der Waals surface area contributed by atoms with Crippen molar-refractivity contribution in [2.24, 2.45) is 7.05 Å². The van der Waals surface area contributed by atoms with E-state index in [9.17, 15) is 4.79 Å². The number of anilines is 1. The second-order valence-electron chi connectivity index (χ2n) is 3.30. The average Bonchev–Trinajstić information content (AvgIpc) is 2.64. The molecule has 0 unspecified atom stereocenters. The number of aromatic nitrogens is 2. The van der Waals surface area contributed by atoms with E-state index in [1.807, 2.05) is 0 Å². The fourth-order valence-electron chi connectivity index (χ4n) is 1.36. The molecule has 0 aliphatic heterocycles. The van der Waals surface area contributed by atoms with Crippen LogP contribution in [0.15, 0.2) is 36.5 Å². The van der Waals surface area contributed by atoms with Crippen LogP contribution in [-0.4, -0.2) is 15.7 Å². The minimum absolute atomic E-state index is 0.206. The highest BCUT2D eigenvalue weighted by Gasteiger charge is 2.09. The lowest BCUT2D eigenvalue weighted by Gasteiger charge is -2.05. The largest absolute Gasteiger partial charge is 0.321 e. The van der Waals surface area contributed by atoms with Crippen molar-refractivity contribution in [3.63, 3.8) is 0 Å². The number of carbonyl (C=O) groups is 1. The van der Waals surface area contributed by atoms with Gasteiger partial charge in [-0.15, -0.1) is 0 Å². The van der Waals surface area contributed by atoms with Crippen LogP contribution in [0.2, 0.25) is 5.02 Å². The van der Waals surface area contributed by atoms with Gasteiger partial charge in [0, 0.05) is 24.0 Å². The molecule has 16 heavy (non-hydrogen) atoms. The second-order valence-corrected chi connectivity index (χ2v) is 3.74. The van der Waals surface area contributed by atoms with E-state index < -0.39 is 0 Å². The van der Waals surface area contributed by atoms with Gasteiger partial charge in [0.15, 0.2) is 0 Å². The lowest BCUT2D eigenvalue weighted by Crippen LogP contribution is -2.15. The Hall–Kier alpha value is -1.81. The van der Waals surface area contributed by atoms with Crippen LogP contribution in [-0.2, 0) is 7.05 Å². The molecule has 82 valence electrons. The highest BCUT2D eigenvalue weighted by Crippen LogP contribution is 2.15. The lowest BCUT2D eigenvalue weighted by atomic mass is 10.3. The normalized spacial score (nSPS) is 10.1. The van der Waals surface area contributed by atoms with Crippen molar-refractivity contribution in [3.05, 3.63) is 47.2 Å². The summed E-state index contributed by atoms with van der Waals surface area (Å²) in [5, 5.41) is 7.25. The Bertz CT molecular complexity index is 521. The Labute approximate surface area is 97.8 Å². The minimum Gasteiger partial charge on any atom is -0.321 e. The van der Waals surface area contributed by atoms with Crippen molar-refractivity contribution in [3.8, 4) is 0 Å². The van der Waals surface area contributed by atoms with E-state index in [1.54, 1.807) is 43.6 Å². The molecule has 2 aromatic rings. The molecule has 0 radical (unpaired) electrons. The number of amides is 1. The summed E-state index contributed by atoms with van der Waals surface area (Å²) >= 11 is 5.82. The summed E-state index contributed by atoms with van der Waals surface area (Å²) in [5.74, 6) is -0.206. The van der Waals surface area contributed by atoms with Crippen LogP contribution in [0.1, 0.15) is 10.5 Å². The first-order chi connectivity index (χ1) is 7.66. The third-order valence-electron chi connectivity index (χ3n) is 2.14. The van der Waals surface area contributed by atoms with Gasteiger partial charge < -0.3 is 5.32 Å². The van der Waals surface area contributed by atoms with Gasteiger partial charge in [0.05, 0.1) is 0 Å². The Kier molecular flexibility index (Phi) is 2.92. The molecule has 1 N–H and O–H groups in total. The molecule has 2 rings (SSSR count). The number of halogens is 1. The van der Waals surface area contributed by atoms with E-state index in [0.29, 0.717) is 16.4 Å². The van der Waals surface area contributed by atoms with Crippen LogP contribution in [0.3, 0.4) is 0 Å². The molecule has 5 heteroatoms. The van der Waals surface area contributed by atoms with E-state index >= 15 is 0 Å². The number of benzene rings is 1. The highest BCUT2D eigenvalue weighted by molar-refractivity contribution is 6.30. The maximum Gasteiger partial charge on any atom is 0.273 e. The van der Waals surface area contributed by atoms with Crippen LogP contribution < -0.4 is 5.32 Å². The van der Waals surface area contributed by atoms with Gasteiger partial charge in [0.1, 0.15) is 5.69 Å². The zero-order chi connectivity index (χ0) is 11.5. The Balaban J connectivity index is 2.17. The zero-order valence-electron chi connectivity index (χ0n) is 8.64. The number of aryl methyl sites for hydroxylation is 1. The predicted octanol–water partition coefficient (Wildman–Crippen LogP) is 2.33. The molecule has 0 spiro atoms. The van der Waals surface area contributed by atoms with Crippen LogP contribution in [0.4, 0.5) is 5.69 Å². The lowest BCUT2D eigenvalue weighted by molar-refractivity contribution is 0.101. The molecule has 0 atom stereocenters. The van der Waals surface area contributed by atoms with Gasteiger partial charge in [-0.2, -0.15) is 5.10 Å². The molecular weight excluding hydrogens is 226 g/mol. The van der Waals surface area contributed by atoms with Crippen LogP contribution in [0.25, 0.3) is 0 Å². The van der Waals surface area contributed by atoms with E-state index in [-0.39, 0.29) is 5.91 Å². The summed E-state index contributed by atoms with van der Waals surface area (Å²) in [6, 6.07) is 8.65. The van der Waals surface area contributed by atoms with E-state index in [1.165, 1.54) is 4.68 Å². The third-order valence-corrected chi connectivity index (χ3v) is 2.37. The topological polar surface area (TPSA) is 46.9 Å². The molecule has 0 bridgehead atoms. The van der Waals surface area contributed by atoms with Crippen LogP contribution in [0.5, 0.6) is 0 Å². The highest BCUT2D eigenvalue weighted by atomic mass is 35.5. The number of nitrogens with one attached hydrogen (secondary N) is 1. The number of nitrogens with zero attached hydrogens (tertiary/aromatic N) is 2. The fourth-order valence-corrected chi connectivity index (χ4v) is 1.55. The summed E-state index contributed by atoms with van der Waals surface area (Å²) in [7, 11) is 1.72. The van der Waals surface area contributed by atoms with Gasteiger partial charge in [-0.05, 0) is 24.3 Å². The van der Waals surface area contributed by atoms with Crippen LogP contribution >= 0.6 is 11.6 Å². The SMILES string of the molecule is Cn1nccc1C(=O)Nc1cccc(Cl)c1. The maximum atomic E-state index is 11.8. The van der Waals surface area contributed by atoms with Gasteiger partial charge in [0.25, 0.3) is 5.91 Å². The van der Waals surface area contributed by atoms with E-state index in [4.69, 9.17) is 11.6 Å². The summed E-state index contributed by atoms with van der Waals surface area (Å²) < 4.78 is 1.51. The standard InChI is InChI=1S/C11H10ClN3O/c1-15-10(5-6-13-15)11(16)14-9-4-2-3-8(12)7-9/h2-7H,1H3,(H,14,16). The zero-order valence-corrected chi connectivity index (χ0v) is 9.40. The molecule has 0 saturated carbocycles. The summed E-state index contributed by atoms with van der Waals surface area (Å²) in [5.41, 5.74) is 1.17. The number of hydrogen-bond donors (Lipinski definition) is 1. The summed E-state index contributed by atoms with van der Waals surface area (Å²) in [6.07, 6.45) is 1.58. The van der Waals surface area contributed by atoms with E-state index in [2.05, 4.69) is 10.4 Å². The molecule has 0 aliphatic rings. The second kappa shape index (κ2) is 4.37. The van der Waals surface area contributed by atoms with Gasteiger partial charge in [0.2, 0.25) is 0 Å². The first kappa shape index (κ1) is 10.7. The molecule has 1 heterocycles. The van der Waals surface area contributed by atoms with Gasteiger partial charge in [-0.3, -0.25) is 9.48 Å². The minimum atomic E-state index is -0.206. The van der Waals surface area contributed by atoms with Crippen molar-refractivity contribution in [2.45, 2.75) is 0 Å². The number of hydrogen-bond acceptors (Lipinski definition) is 2. The van der Waals surface area contributed by atoms with Gasteiger partial charge >= 0.3 is 0 Å². The maximum absolute atomic E-state index is 11.8. The third kappa shape index (κ3) is 2.23. The molecule has 1 aromatic carbocycles. The van der Waals surface area contributed by atoms with E-state index in [0.717, 1.165) is 0 Å². The average molecular weight is 236 g/mol. The van der Waals surface area contributed by atoms with Crippen molar-refractivity contribution >= 4 is 23.2 Å². The first-order valence-corrected chi connectivity index (χ1v) is 5.09. The molecule has 0 aliphatic carbocycles. The van der Waals surface area contributed by atoms with Crippen molar-refractivity contribution in [2.75, 3.05) is 5.32 Å². The van der Waals surface area contributed by atoms with Gasteiger partial charge in [-0.25, -0.2) is 0 Å². The summed E-state index contributed by atoms with van der Waals surface area (Å²) in [6.45, 7) is 0. The molecule has 0 fully saturated rings. The number of carbonyl (C=O) groups excluding carboxylic acids is 1. The predicted molar refractivity (Wildman–Crippen MR) is 62.6 cm³/mol. The Morgan fingerprint density at radius 1 is 1.44 bits per heavy atom. The van der Waals surface area contributed by atoms with Crippen molar-refractivity contribution in [1.29, 1.82) is 0 Å². The Morgan fingerprint density at radius 3 is 2.88 bits per heavy atom. The number of rotatable bonds is 2. The fraction of sp³-hybridized carbons (Fsp3) is 0.0909. The van der Waals surface area contributed by atoms with Gasteiger partial charge in [-0.1, -0.05) is 17.7 Å². The molecule has 1 aromatic heterocycles. The van der Waals surface area contributed by atoms with Crippen molar-refractivity contribution < 1.29 is 4.79 Å². The quantitative estimate of drug-likeness (QED) is 0.869.